The van der Waals surface area contributed by atoms with Gasteiger partial charge in [0.2, 0.25) is 0 Å². The molecule has 0 unspecified atom stereocenters. The van der Waals surface area contributed by atoms with E-state index in [1.807, 2.05) is 0 Å². The molecule has 0 aliphatic carbocycles. The van der Waals surface area contributed by atoms with Gasteiger partial charge in [0, 0.05) is 5.38 Å². The van der Waals surface area contributed by atoms with Crippen LogP contribution in [0.4, 0.5) is 4.39 Å². The molecule has 8 heteroatoms. The van der Waals surface area contributed by atoms with Crippen LogP contribution in [0.2, 0.25) is 0 Å². The zero-order valence-corrected chi connectivity index (χ0v) is 11.7. The van der Waals surface area contributed by atoms with Gasteiger partial charge >= 0.3 is 5.97 Å². The molecule has 0 spiro atoms. The number of aromatic carboxylic acids is 1. The number of aromatic nitrogens is 1. The van der Waals surface area contributed by atoms with Crippen LogP contribution in [0.3, 0.4) is 0 Å². The van der Waals surface area contributed by atoms with Crippen LogP contribution in [-0.2, 0) is 6.54 Å². The van der Waals surface area contributed by atoms with Gasteiger partial charge in [-0.25, -0.2) is 14.2 Å². The number of rotatable bonds is 5. The van der Waals surface area contributed by atoms with Crippen LogP contribution in [0.5, 0.6) is 5.75 Å². The summed E-state index contributed by atoms with van der Waals surface area (Å²) in [7, 11) is 1.34. The van der Waals surface area contributed by atoms with Gasteiger partial charge in [-0.05, 0) is 12.1 Å². The van der Waals surface area contributed by atoms with Crippen molar-refractivity contribution in [1.29, 1.82) is 0 Å². The Balaban J connectivity index is 2.10. The number of nitrogens with one attached hydrogen (secondary N) is 1. The highest BCUT2D eigenvalue weighted by molar-refractivity contribution is 7.09. The van der Waals surface area contributed by atoms with Crippen LogP contribution >= 0.6 is 11.3 Å². The summed E-state index contributed by atoms with van der Waals surface area (Å²) in [6, 6.07) is 4.07. The lowest BCUT2D eigenvalue weighted by Crippen LogP contribution is -2.24. The fourth-order valence-electron chi connectivity index (χ4n) is 1.63. The maximum atomic E-state index is 13.7. The first-order valence-corrected chi connectivity index (χ1v) is 6.69. The zero-order chi connectivity index (χ0) is 15.4. The molecule has 1 amide bonds. The van der Waals surface area contributed by atoms with Gasteiger partial charge < -0.3 is 15.2 Å². The van der Waals surface area contributed by atoms with Gasteiger partial charge in [-0.3, -0.25) is 4.79 Å². The van der Waals surface area contributed by atoms with E-state index < -0.39 is 17.7 Å². The maximum absolute atomic E-state index is 13.7. The fraction of sp³-hybridized carbons (Fsp3) is 0.154. The Kier molecular flexibility index (Phi) is 4.49. The molecule has 0 saturated carbocycles. The largest absolute Gasteiger partial charge is 0.496 e. The summed E-state index contributed by atoms with van der Waals surface area (Å²) in [4.78, 5) is 26.5. The lowest BCUT2D eigenvalue weighted by Gasteiger charge is -2.09. The molecule has 6 nitrogen and oxygen atoms in total. The molecular weight excluding hydrogens is 299 g/mol. The van der Waals surface area contributed by atoms with Crippen LogP contribution in [0.25, 0.3) is 0 Å². The highest BCUT2D eigenvalue weighted by Gasteiger charge is 2.18. The third-order valence-electron chi connectivity index (χ3n) is 2.59. The number of methoxy groups -OCH3 is 1. The van der Waals surface area contributed by atoms with Gasteiger partial charge in [-0.2, -0.15) is 0 Å². The zero-order valence-electron chi connectivity index (χ0n) is 10.9. The molecule has 21 heavy (non-hydrogen) atoms. The molecule has 0 radical (unpaired) electrons. The molecular formula is C13H11FN2O4S. The number of hydrogen-bond acceptors (Lipinski definition) is 5. The van der Waals surface area contributed by atoms with Crippen molar-refractivity contribution in [3.05, 3.63) is 45.7 Å². The summed E-state index contributed by atoms with van der Waals surface area (Å²) >= 11 is 1.10. The summed E-state index contributed by atoms with van der Waals surface area (Å²) in [5.41, 5.74) is -0.289. The molecule has 1 aromatic carbocycles. The van der Waals surface area contributed by atoms with Crippen LogP contribution in [0.1, 0.15) is 25.9 Å². The molecule has 0 fully saturated rings. The van der Waals surface area contributed by atoms with E-state index in [0.29, 0.717) is 5.01 Å². The Hall–Kier alpha value is -2.48. The minimum absolute atomic E-state index is 0.00820. The van der Waals surface area contributed by atoms with Crippen molar-refractivity contribution >= 4 is 23.2 Å². The minimum Gasteiger partial charge on any atom is -0.496 e. The highest BCUT2D eigenvalue weighted by atomic mass is 32.1. The van der Waals surface area contributed by atoms with Crippen LogP contribution in [-0.4, -0.2) is 29.1 Å². The van der Waals surface area contributed by atoms with Crippen molar-refractivity contribution in [1.82, 2.24) is 10.3 Å². The number of ether oxygens (including phenoxy) is 1. The lowest BCUT2D eigenvalue weighted by molar-refractivity contribution is 0.0691. The summed E-state index contributed by atoms with van der Waals surface area (Å²) in [6.45, 7) is 0.00820. The first-order valence-electron chi connectivity index (χ1n) is 5.81. The fourth-order valence-corrected chi connectivity index (χ4v) is 2.34. The number of halogens is 1. The van der Waals surface area contributed by atoms with E-state index in [9.17, 15) is 14.0 Å². The lowest BCUT2D eigenvalue weighted by atomic mass is 10.1. The Labute approximate surface area is 123 Å². The monoisotopic (exact) mass is 310 g/mol. The number of carbonyl (C=O) groups is 2. The minimum atomic E-state index is -1.14. The van der Waals surface area contributed by atoms with Crippen molar-refractivity contribution in [2.24, 2.45) is 0 Å². The predicted molar refractivity (Wildman–Crippen MR) is 73.2 cm³/mol. The molecule has 110 valence electrons. The summed E-state index contributed by atoms with van der Waals surface area (Å²) in [5.74, 6) is -2.37. The van der Waals surface area contributed by atoms with Crippen LogP contribution < -0.4 is 10.1 Å². The smallest absolute Gasteiger partial charge is 0.355 e. The Morgan fingerprint density at radius 3 is 2.86 bits per heavy atom. The molecule has 2 rings (SSSR count). The second-order valence-electron chi connectivity index (χ2n) is 3.93. The number of nitrogens with zero attached hydrogens (tertiary/aromatic N) is 1. The van der Waals surface area contributed by atoms with Crippen molar-refractivity contribution in [2.45, 2.75) is 6.54 Å². The standard InChI is InChI=1S/C13H11FN2O4S/c1-20-9-4-2-3-7(14)11(9)12(17)15-5-10-16-8(6-21-10)13(18)19/h2-4,6H,5H2,1H3,(H,15,17)(H,18,19). The van der Waals surface area contributed by atoms with E-state index >= 15 is 0 Å². The van der Waals surface area contributed by atoms with Crippen LogP contribution in [0, 0.1) is 5.82 Å². The number of thiazole rings is 1. The molecule has 0 aliphatic rings. The molecule has 1 aromatic heterocycles. The van der Waals surface area contributed by atoms with E-state index in [0.717, 1.165) is 17.4 Å². The number of hydrogen-bond donors (Lipinski definition) is 2. The number of carboxylic acid groups (broad SMARTS) is 1. The third kappa shape index (κ3) is 3.34. The van der Waals surface area contributed by atoms with Gasteiger partial charge in [0.15, 0.2) is 5.69 Å². The van der Waals surface area contributed by atoms with Crippen LogP contribution in [0.15, 0.2) is 23.6 Å². The number of benzene rings is 1. The molecule has 0 bridgehead atoms. The average molecular weight is 310 g/mol. The second-order valence-corrected chi connectivity index (χ2v) is 4.87. The molecule has 0 saturated heterocycles. The Morgan fingerprint density at radius 1 is 1.48 bits per heavy atom. The molecule has 2 aromatic rings. The van der Waals surface area contributed by atoms with Gasteiger partial charge in [0.1, 0.15) is 22.1 Å². The second kappa shape index (κ2) is 6.31. The molecule has 0 aliphatic heterocycles. The van der Waals surface area contributed by atoms with E-state index in [-0.39, 0.29) is 23.6 Å². The Bertz CT molecular complexity index is 687. The van der Waals surface area contributed by atoms with Crippen molar-refractivity contribution in [3.8, 4) is 5.75 Å². The summed E-state index contributed by atoms with van der Waals surface area (Å²) in [5, 5.41) is 13.0. The van der Waals surface area contributed by atoms with Crippen molar-refractivity contribution in [3.63, 3.8) is 0 Å². The SMILES string of the molecule is COc1cccc(F)c1C(=O)NCc1nc(C(=O)O)cs1. The van der Waals surface area contributed by atoms with Crippen molar-refractivity contribution in [2.75, 3.05) is 7.11 Å². The van der Waals surface area contributed by atoms with E-state index in [2.05, 4.69) is 10.3 Å². The predicted octanol–water partition coefficient (Wildman–Crippen LogP) is 1.92. The Morgan fingerprint density at radius 2 is 2.24 bits per heavy atom. The maximum Gasteiger partial charge on any atom is 0.355 e. The number of carbonyl (C=O) groups excluding carboxylic acids is 1. The van der Waals surface area contributed by atoms with E-state index in [1.54, 1.807) is 0 Å². The number of carboxylic acids is 1. The van der Waals surface area contributed by atoms with E-state index in [4.69, 9.17) is 9.84 Å². The quantitative estimate of drug-likeness (QED) is 0.881. The van der Waals surface area contributed by atoms with Gasteiger partial charge in [-0.15, -0.1) is 11.3 Å². The molecule has 2 N–H and O–H groups in total. The number of amides is 1. The average Bonchev–Trinajstić information content (AvgIpc) is 2.93. The summed E-state index contributed by atoms with van der Waals surface area (Å²) in [6.07, 6.45) is 0. The molecule has 0 atom stereocenters. The molecule has 1 heterocycles. The van der Waals surface area contributed by atoms with Gasteiger partial charge in [-0.1, -0.05) is 6.07 Å². The summed E-state index contributed by atoms with van der Waals surface area (Å²) < 4.78 is 18.6. The first-order chi connectivity index (χ1) is 10.0. The van der Waals surface area contributed by atoms with Gasteiger partial charge in [0.25, 0.3) is 5.91 Å². The first kappa shape index (κ1) is 14.9. The van der Waals surface area contributed by atoms with Crippen molar-refractivity contribution < 1.29 is 23.8 Å². The van der Waals surface area contributed by atoms with E-state index in [1.165, 1.54) is 24.6 Å². The topological polar surface area (TPSA) is 88.5 Å². The normalized spacial score (nSPS) is 10.2. The van der Waals surface area contributed by atoms with Gasteiger partial charge in [0.05, 0.1) is 13.7 Å². The third-order valence-corrected chi connectivity index (χ3v) is 3.44. The highest BCUT2D eigenvalue weighted by Crippen LogP contribution is 2.21.